The van der Waals surface area contributed by atoms with E-state index < -0.39 is 12.0 Å². The predicted molar refractivity (Wildman–Crippen MR) is 127 cm³/mol. The Bertz CT molecular complexity index is 1060. The molecule has 0 radical (unpaired) electrons. The highest BCUT2D eigenvalue weighted by Crippen LogP contribution is 2.47. The number of hydrogen-bond donors (Lipinski definition) is 0. The van der Waals surface area contributed by atoms with Gasteiger partial charge in [0.05, 0.1) is 38.7 Å². The minimum absolute atomic E-state index is 0.0615. The maximum atomic E-state index is 14.0. The summed E-state index contributed by atoms with van der Waals surface area (Å²) in [5.74, 6) is -0.301. The van der Waals surface area contributed by atoms with Crippen LogP contribution in [0.4, 0.5) is 0 Å². The van der Waals surface area contributed by atoms with Gasteiger partial charge in [-0.3, -0.25) is 14.4 Å². The number of esters is 1. The van der Waals surface area contributed by atoms with Crippen LogP contribution in [0, 0.1) is 5.92 Å². The van der Waals surface area contributed by atoms with Crippen molar-refractivity contribution in [2.24, 2.45) is 5.92 Å². The second kappa shape index (κ2) is 10.0. The van der Waals surface area contributed by atoms with Crippen LogP contribution in [0.2, 0.25) is 0 Å². The van der Waals surface area contributed by atoms with Gasteiger partial charge in [0.25, 0.3) is 5.91 Å². The fourth-order valence-electron chi connectivity index (χ4n) is 4.92. The zero-order valence-electron chi connectivity index (χ0n) is 19.9. The zero-order valence-corrected chi connectivity index (χ0v) is 20.7. The van der Waals surface area contributed by atoms with Crippen LogP contribution in [-0.2, 0) is 14.3 Å². The van der Waals surface area contributed by atoms with Crippen molar-refractivity contribution in [2.45, 2.75) is 31.7 Å². The summed E-state index contributed by atoms with van der Waals surface area (Å²) in [5, 5.41) is 1.95. The van der Waals surface area contributed by atoms with Crippen LogP contribution in [0.3, 0.4) is 0 Å². The molecule has 2 atom stereocenters. The molecule has 8 nitrogen and oxygen atoms in total. The fraction of sp³-hybridized carbons (Fsp3) is 0.480. The molecular formula is C25H30N2O6S. The van der Waals surface area contributed by atoms with Crippen molar-refractivity contribution in [3.05, 3.63) is 45.6 Å². The van der Waals surface area contributed by atoms with E-state index in [0.29, 0.717) is 55.2 Å². The molecule has 4 rings (SSSR count). The molecule has 1 saturated heterocycles. The van der Waals surface area contributed by atoms with Crippen molar-refractivity contribution in [1.29, 1.82) is 0 Å². The fourth-order valence-corrected chi connectivity index (χ4v) is 5.83. The van der Waals surface area contributed by atoms with E-state index in [9.17, 15) is 14.4 Å². The summed E-state index contributed by atoms with van der Waals surface area (Å²) in [5.41, 5.74) is 1.07. The molecule has 2 amide bonds. The van der Waals surface area contributed by atoms with Crippen molar-refractivity contribution in [2.75, 3.05) is 41.0 Å². The van der Waals surface area contributed by atoms with E-state index in [4.69, 9.17) is 14.2 Å². The Labute approximate surface area is 203 Å². The Hall–Kier alpha value is -3.07. The molecule has 1 fully saturated rings. The maximum Gasteiger partial charge on any atom is 0.309 e. The predicted octanol–water partition coefficient (Wildman–Crippen LogP) is 3.48. The average Bonchev–Trinajstić information content (AvgIpc) is 3.39. The number of fused-ring (bicyclic) bond motifs is 1. The van der Waals surface area contributed by atoms with E-state index in [-0.39, 0.29) is 23.7 Å². The Morgan fingerprint density at radius 3 is 2.38 bits per heavy atom. The topological polar surface area (TPSA) is 85.4 Å². The number of carbonyl (C=O) groups excluding carboxylic acids is 3. The summed E-state index contributed by atoms with van der Waals surface area (Å²) >= 11 is 1.52. The lowest BCUT2D eigenvalue weighted by molar-refractivity contribution is -0.151. The number of benzene rings is 1. The second-order valence-corrected chi connectivity index (χ2v) is 9.48. The lowest BCUT2D eigenvalue weighted by Crippen LogP contribution is -2.49. The summed E-state index contributed by atoms with van der Waals surface area (Å²) in [6, 6.07) is 6.86. The number of carbonyl (C=O) groups is 3. The van der Waals surface area contributed by atoms with E-state index in [0.717, 1.165) is 4.88 Å². The number of thiophene rings is 1. The lowest BCUT2D eigenvalue weighted by Gasteiger charge is -2.42. The van der Waals surface area contributed by atoms with Crippen molar-refractivity contribution in [1.82, 2.24) is 9.80 Å². The van der Waals surface area contributed by atoms with Gasteiger partial charge in [0.15, 0.2) is 11.5 Å². The van der Waals surface area contributed by atoms with Crippen LogP contribution >= 0.6 is 11.3 Å². The summed E-state index contributed by atoms with van der Waals surface area (Å²) < 4.78 is 16.1. The Morgan fingerprint density at radius 2 is 1.79 bits per heavy atom. The van der Waals surface area contributed by atoms with Crippen LogP contribution < -0.4 is 9.47 Å². The van der Waals surface area contributed by atoms with Gasteiger partial charge in [-0.2, -0.15) is 0 Å². The smallest absolute Gasteiger partial charge is 0.309 e. The summed E-state index contributed by atoms with van der Waals surface area (Å²) in [7, 11) is 4.79. The third kappa shape index (κ3) is 4.24. The first kappa shape index (κ1) is 24.1. The number of ether oxygens (including phenoxy) is 3. The van der Waals surface area contributed by atoms with Gasteiger partial charge >= 0.3 is 5.97 Å². The summed E-state index contributed by atoms with van der Waals surface area (Å²) in [4.78, 5) is 44.0. The first-order chi connectivity index (χ1) is 16.4. The minimum Gasteiger partial charge on any atom is -0.493 e. The first-order valence-corrected chi connectivity index (χ1v) is 12.3. The first-order valence-electron chi connectivity index (χ1n) is 11.4. The zero-order chi connectivity index (χ0) is 24.4. The minimum atomic E-state index is -0.602. The van der Waals surface area contributed by atoms with Crippen molar-refractivity contribution in [3.63, 3.8) is 0 Å². The molecule has 1 aromatic carbocycles. The highest BCUT2D eigenvalue weighted by atomic mass is 32.1. The molecule has 0 aliphatic carbocycles. The standard InChI is InChI=1S/C25H30N2O6S/c1-5-33-25(30)15-8-10-27(11-9-15)24(29)21-16-13-18(31-3)19(32-4)14-17(16)23(28)26(2)22(21)20-7-6-12-34-20/h6-7,12-15,21-22H,5,8-11H2,1-4H3/t21-,22+/m1/s1. The third-order valence-corrected chi connectivity index (χ3v) is 7.64. The molecule has 0 N–H and O–H groups in total. The summed E-state index contributed by atoms with van der Waals surface area (Å²) in [6.07, 6.45) is 1.13. The lowest BCUT2D eigenvalue weighted by atomic mass is 9.80. The molecule has 1 aromatic heterocycles. The molecule has 2 aliphatic rings. The molecule has 2 aromatic rings. The Morgan fingerprint density at radius 1 is 1.12 bits per heavy atom. The Balaban J connectivity index is 1.72. The van der Waals surface area contributed by atoms with Crippen molar-refractivity contribution >= 4 is 29.1 Å². The van der Waals surface area contributed by atoms with Gasteiger partial charge in [0.2, 0.25) is 5.91 Å². The molecule has 3 heterocycles. The number of likely N-dealkylation sites (tertiary alicyclic amines) is 1. The highest BCUT2D eigenvalue weighted by molar-refractivity contribution is 7.10. The van der Waals surface area contributed by atoms with Gasteiger partial charge in [-0.1, -0.05) is 6.07 Å². The molecule has 0 spiro atoms. The maximum absolute atomic E-state index is 14.0. The van der Waals surface area contributed by atoms with E-state index in [1.54, 1.807) is 31.0 Å². The van der Waals surface area contributed by atoms with E-state index >= 15 is 0 Å². The number of amides is 2. The number of methoxy groups -OCH3 is 2. The van der Waals surface area contributed by atoms with Crippen LogP contribution in [0.1, 0.15) is 52.5 Å². The average molecular weight is 487 g/mol. The van der Waals surface area contributed by atoms with Gasteiger partial charge in [-0.25, -0.2) is 0 Å². The van der Waals surface area contributed by atoms with Gasteiger partial charge in [-0.05, 0) is 48.9 Å². The molecule has 0 unspecified atom stereocenters. The largest absolute Gasteiger partial charge is 0.493 e. The monoisotopic (exact) mass is 486 g/mol. The normalized spacial score (nSPS) is 20.6. The number of likely N-dealkylation sites (N-methyl/N-ethyl adjacent to an activating group) is 1. The van der Waals surface area contributed by atoms with E-state index in [1.165, 1.54) is 25.6 Å². The second-order valence-electron chi connectivity index (χ2n) is 8.50. The number of hydrogen-bond acceptors (Lipinski definition) is 7. The van der Waals surface area contributed by atoms with Gasteiger partial charge < -0.3 is 24.0 Å². The molecule has 182 valence electrons. The van der Waals surface area contributed by atoms with E-state index in [2.05, 4.69) is 0 Å². The number of rotatable bonds is 6. The molecule has 9 heteroatoms. The third-order valence-electron chi connectivity index (χ3n) is 6.70. The van der Waals surface area contributed by atoms with Gasteiger partial charge in [0.1, 0.15) is 0 Å². The summed E-state index contributed by atoms with van der Waals surface area (Å²) in [6.45, 7) is 3.08. The molecule has 0 bridgehead atoms. The van der Waals surface area contributed by atoms with Gasteiger partial charge in [-0.15, -0.1) is 11.3 Å². The molecule has 2 aliphatic heterocycles. The van der Waals surface area contributed by atoms with E-state index in [1.807, 2.05) is 22.4 Å². The van der Waals surface area contributed by atoms with Gasteiger partial charge in [0, 0.05) is 30.6 Å². The number of piperidine rings is 1. The quantitative estimate of drug-likeness (QED) is 0.582. The molecule has 34 heavy (non-hydrogen) atoms. The van der Waals surface area contributed by atoms with Crippen molar-refractivity contribution < 1.29 is 28.6 Å². The molecular weight excluding hydrogens is 456 g/mol. The molecule has 0 saturated carbocycles. The van der Waals surface area contributed by atoms with Crippen LogP contribution in [0.5, 0.6) is 11.5 Å². The van der Waals surface area contributed by atoms with Crippen LogP contribution in [-0.4, -0.2) is 68.5 Å². The van der Waals surface area contributed by atoms with Crippen LogP contribution in [0.15, 0.2) is 29.6 Å². The number of nitrogens with zero attached hydrogens (tertiary/aromatic N) is 2. The Kier molecular flexibility index (Phi) is 7.11. The highest BCUT2D eigenvalue weighted by Gasteiger charge is 2.46. The SMILES string of the molecule is CCOC(=O)C1CCN(C(=O)[C@@H]2c3cc(OC)c(OC)cc3C(=O)N(C)[C@H]2c2cccs2)CC1. The van der Waals surface area contributed by atoms with Crippen LogP contribution in [0.25, 0.3) is 0 Å². The van der Waals surface area contributed by atoms with Crippen molar-refractivity contribution in [3.8, 4) is 11.5 Å².